The highest BCUT2D eigenvalue weighted by Gasteiger charge is 2.27. The van der Waals surface area contributed by atoms with Gasteiger partial charge in [-0.1, -0.05) is 19.1 Å². The summed E-state index contributed by atoms with van der Waals surface area (Å²) in [7, 11) is 2.02. The molecule has 1 fully saturated rings. The first-order valence-corrected chi connectivity index (χ1v) is 8.72. The number of nitrogens with two attached hydrogens (primary N) is 1. The zero-order valence-corrected chi connectivity index (χ0v) is 15.2. The highest BCUT2D eigenvalue weighted by Crippen LogP contribution is 2.15. The van der Waals surface area contributed by atoms with Crippen LogP contribution in [0.1, 0.15) is 18.9 Å². The smallest absolute Gasteiger partial charge is 0.409 e. The number of benzene rings is 1. The van der Waals surface area contributed by atoms with Crippen LogP contribution in [0.15, 0.2) is 24.3 Å². The monoisotopic (exact) mass is 362 g/mol. The van der Waals surface area contributed by atoms with Gasteiger partial charge in [0.2, 0.25) is 11.8 Å². The molecular formula is C18H26N4O4. The highest BCUT2D eigenvalue weighted by molar-refractivity contribution is 5.88. The fraction of sp³-hybridized carbons (Fsp3) is 0.500. The second kappa shape index (κ2) is 9.19. The van der Waals surface area contributed by atoms with Gasteiger partial charge in [-0.15, -0.1) is 0 Å². The summed E-state index contributed by atoms with van der Waals surface area (Å²) in [5.74, 6) is 0.101. The predicted octanol–water partition coefficient (Wildman–Crippen LogP) is 0.355. The predicted molar refractivity (Wildman–Crippen MR) is 96.7 cm³/mol. The van der Waals surface area contributed by atoms with Gasteiger partial charge in [0.15, 0.2) is 0 Å². The van der Waals surface area contributed by atoms with E-state index in [4.69, 9.17) is 10.5 Å². The third-order valence-corrected chi connectivity index (χ3v) is 4.35. The average Bonchev–Trinajstić information content (AvgIpc) is 2.62. The van der Waals surface area contributed by atoms with Crippen LogP contribution in [0, 0.1) is 0 Å². The summed E-state index contributed by atoms with van der Waals surface area (Å²) >= 11 is 0. The van der Waals surface area contributed by atoms with Crippen molar-refractivity contribution in [3.05, 3.63) is 29.8 Å². The van der Waals surface area contributed by atoms with Crippen LogP contribution in [0.3, 0.4) is 0 Å². The lowest BCUT2D eigenvalue weighted by Gasteiger charge is -2.34. The van der Waals surface area contributed by atoms with Gasteiger partial charge in [0.05, 0.1) is 0 Å². The molecule has 0 aromatic heterocycles. The summed E-state index contributed by atoms with van der Waals surface area (Å²) in [5, 5.41) is 2.82. The molecule has 1 aromatic carbocycles. The van der Waals surface area contributed by atoms with Crippen LogP contribution < -0.4 is 15.8 Å². The number of carbonyl (C=O) groups is 3. The molecule has 0 spiro atoms. The van der Waals surface area contributed by atoms with Crippen molar-refractivity contribution in [3.8, 4) is 5.75 Å². The third-order valence-electron chi connectivity index (χ3n) is 4.35. The lowest BCUT2D eigenvalue weighted by molar-refractivity contribution is -0.137. The molecule has 1 aliphatic heterocycles. The summed E-state index contributed by atoms with van der Waals surface area (Å²) in [5.41, 5.74) is 5.84. The summed E-state index contributed by atoms with van der Waals surface area (Å²) in [6, 6.07) is 6.10. The van der Waals surface area contributed by atoms with Crippen LogP contribution in [0.5, 0.6) is 5.75 Å². The van der Waals surface area contributed by atoms with Crippen molar-refractivity contribution >= 4 is 17.9 Å². The number of rotatable bonds is 6. The number of nitrogens with one attached hydrogen (secondary N) is 1. The average molecular weight is 362 g/mol. The summed E-state index contributed by atoms with van der Waals surface area (Å²) in [6.07, 6.45) is -0.192. The number of piperazine rings is 1. The van der Waals surface area contributed by atoms with Gasteiger partial charge in [0.1, 0.15) is 11.8 Å². The molecule has 1 aromatic rings. The number of ether oxygens (including phenoxy) is 1. The molecule has 2 rings (SSSR count). The van der Waals surface area contributed by atoms with E-state index < -0.39 is 12.1 Å². The maximum atomic E-state index is 12.9. The van der Waals surface area contributed by atoms with Crippen molar-refractivity contribution in [2.24, 2.45) is 5.73 Å². The maximum absolute atomic E-state index is 12.9. The van der Waals surface area contributed by atoms with E-state index in [0.717, 1.165) is 18.7 Å². The van der Waals surface area contributed by atoms with Crippen LogP contribution in [0.25, 0.3) is 0 Å². The molecule has 1 atom stereocenters. The van der Waals surface area contributed by atoms with E-state index in [2.05, 4.69) is 10.2 Å². The second-order valence-electron chi connectivity index (χ2n) is 6.37. The number of nitrogens with zero attached hydrogens (tertiary/aromatic N) is 2. The van der Waals surface area contributed by atoms with Crippen molar-refractivity contribution in [1.29, 1.82) is 0 Å². The first-order valence-electron chi connectivity index (χ1n) is 8.72. The Balaban J connectivity index is 2.07. The van der Waals surface area contributed by atoms with Crippen LogP contribution in [0.4, 0.5) is 4.79 Å². The van der Waals surface area contributed by atoms with Crippen molar-refractivity contribution in [2.45, 2.75) is 25.8 Å². The van der Waals surface area contributed by atoms with Gasteiger partial charge >= 0.3 is 6.09 Å². The van der Waals surface area contributed by atoms with Crippen LogP contribution in [-0.4, -0.2) is 67.0 Å². The Morgan fingerprint density at radius 1 is 1.15 bits per heavy atom. The number of amides is 3. The van der Waals surface area contributed by atoms with Crippen molar-refractivity contribution < 1.29 is 19.1 Å². The number of hydrogen-bond acceptors (Lipinski definition) is 5. The van der Waals surface area contributed by atoms with Crippen LogP contribution >= 0.6 is 0 Å². The standard InChI is InChI=1S/C18H26N4O4/c1-3-16(23)20-15(17(24)22-10-8-21(2)9-11-22)12-13-4-6-14(7-5-13)26-18(19)25/h4-7,15H,3,8-12H2,1-2H3,(H2,19,25)(H,20,23). The Bertz CT molecular complexity index is 639. The second-order valence-corrected chi connectivity index (χ2v) is 6.37. The molecule has 142 valence electrons. The number of likely N-dealkylation sites (N-methyl/N-ethyl adjacent to an activating group) is 1. The van der Waals surface area contributed by atoms with E-state index in [9.17, 15) is 14.4 Å². The molecule has 3 N–H and O–H groups in total. The fourth-order valence-electron chi connectivity index (χ4n) is 2.79. The topological polar surface area (TPSA) is 105 Å². The first-order chi connectivity index (χ1) is 12.4. The normalized spacial score (nSPS) is 16.0. The van der Waals surface area contributed by atoms with E-state index in [-0.39, 0.29) is 11.8 Å². The lowest BCUT2D eigenvalue weighted by atomic mass is 10.0. The van der Waals surface area contributed by atoms with Gasteiger partial charge in [-0.2, -0.15) is 0 Å². The fourth-order valence-corrected chi connectivity index (χ4v) is 2.79. The molecule has 0 saturated carbocycles. The Morgan fingerprint density at radius 2 is 1.77 bits per heavy atom. The Hall–Kier alpha value is -2.61. The molecule has 8 nitrogen and oxygen atoms in total. The maximum Gasteiger partial charge on any atom is 0.409 e. The Labute approximate surface area is 153 Å². The van der Waals surface area contributed by atoms with Gasteiger partial charge in [-0.05, 0) is 24.7 Å². The molecule has 3 amide bonds. The van der Waals surface area contributed by atoms with Crippen LogP contribution in [-0.2, 0) is 16.0 Å². The highest BCUT2D eigenvalue weighted by atomic mass is 16.5. The van der Waals surface area contributed by atoms with Gasteiger partial charge in [-0.3, -0.25) is 9.59 Å². The van der Waals surface area contributed by atoms with E-state index >= 15 is 0 Å². The summed E-state index contributed by atoms with van der Waals surface area (Å²) in [6.45, 7) is 4.69. The van der Waals surface area contributed by atoms with Gasteiger partial charge in [-0.25, -0.2) is 4.79 Å². The summed E-state index contributed by atoms with van der Waals surface area (Å²) in [4.78, 5) is 39.5. The molecule has 1 unspecified atom stereocenters. The number of hydrogen-bond donors (Lipinski definition) is 2. The van der Waals surface area contributed by atoms with E-state index in [1.165, 1.54) is 0 Å². The summed E-state index contributed by atoms with van der Waals surface area (Å²) < 4.78 is 4.80. The largest absolute Gasteiger partial charge is 0.411 e. The molecule has 0 bridgehead atoms. The molecule has 8 heteroatoms. The van der Waals surface area contributed by atoms with Gasteiger partial charge in [0, 0.05) is 39.0 Å². The van der Waals surface area contributed by atoms with Gasteiger partial charge < -0.3 is 25.6 Å². The third kappa shape index (κ3) is 5.73. The number of carbonyl (C=O) groups excluding carboxylic acids is 3. The molecular weight excluding hydrogens is 336 g/mol. The minimum atomic E-state index is -0.879. The molecule has 1 saturated heterocycles. The number of primary amides is 1. The molecule has 0 radical (unpaired) electrons. The van der Waals surface area contributed by atoms with Crippen molar-refractivity contribution in [3.63, 3.8) is 0 Å². The minimum absolute atomic E-state index is 0.0719. The van der Waals surface area contributed by atoms with Crippen molar-refractivity contribution in [1.82, 2.24) is 15.1 Å². The molecule has 26 heavy (non-hydrogen) atoms. The molecule has 1 heterocycles. The SMILES string of the molecule is CCC(=O)NC(Cc1ccc(OC(N)=O)cc1)C(=O)N1CCN(C)CC1. The Morgan fingerprint density at radius 3 is 2.31 bits per heavy atom. The molecule has 1 aliphatic rings. The first kappa shape index (κ1) is 19.7. The van der Waals surface area contributed by atoms with Crippen molar-refractivity contribution in [2.75, 3.05) is 33.2 Å². The Kier molecular flexibility index (Phi) is 6.97. The zero-order valence-electron chi connectivity index (χ0n) is 15.2. The van der Waals surface area contributed by atoms with E-state index in [1.807, 2.05) is 7.05 Å². The van der Waals surface area contributed by atoms with E-state index in [0.29, 0.717) is 31.7 Å². The van der Waals surface area contributed by atoms with E-state index in [1.54, 1.807) is 36.1 Å². The molecule has 0 aliphatic carbocycles. The lowest BCUT2D eigenvalue weighted by Crippen LogP contribution is -2.54. The minimum Gasteiger partial charge on any atom is -0.411 e. The van der Waals surface area contributed by atoms with Gasteiger partial charge in [0.25, 0.3) is 0 Å². The quantitative estimate of drug-likeness (QED) is 0.760. The van der Waals surface area contributed by atoms with Crippen LogP contribution in [0.2, 0.25) is 0 Å². The zero-order chi connectivity index (χ0) is 19.1.